The topological polar surface area (TPSA) is 9.23 Å². The fourth-order valence-electron chi connectivity index (χ4n) is 0.980. The molecule has 1 aromatic carbocycles. The number of halogens is 1. The van der Waals surface area contributed by atoms with E-state index < -0.39 is 5.82 Å². The van der Waals surface area contributed by atoms with Crippen LogP contribution < -0.4 is 10.2 Å². The molecule has 0 saturated heterocycles. The van der Waals surface area contributed by atoms with Crippen LogP contribution in [0.4, 0.5) is 4.39 Å². The quantitative estimate of drug-likeness (QED) is 0.599. The molecule has 0 aromatic heterocycles. The van der Waals surface area contributed by atoms with Crippen LogP contribution in [0.5, 0.6) is 5.75 Å². The van der Waals surface area contributed by atoms with Crippen molar-refractivity contribution in [1.29, 1.82) is 0 Å². The Hall–Kier alpha value is -0.985. The maximum atomic E-state index is 12.8. The molecule has 0 aliphatic carbocycles. The van der Waals surface area contributed by atoms with Gasteiger partial charge in [-0.25, -0.2) is 4.39 Å². The lowest BCUT2D eigenvalue weighted by molar-refractivity contribution is 0.337. The predicted octanol–water partition coefficient (Wildman–Crippen LogP) is 1.33. The Labute approximate surface area is 73.0 Å². The second-order valence-corrected chi connectivity index (χ2v) is 2.57. The summed E-state index contributed by atoms with van der Waals surface area (Å²) in [6.45, 7) is 4.22. The smallest absolute Gasteiger partial charge is 0.121 e. The van der Waals surface area contributed by atoms with Crippen molar-refractivity contribution in [2.45, 2.75) is 13.8 Å². The Balaban J connectivity index is 3.05. The first-order valence-electron chi connectivity index (χ1n) is 3.83. The van der Waals surface area contributed by atoms with Gasteiger partial charge < -0.3 is 4.74 Å². The van der Waals surface area contributed by atoms with E-state index >= 15 is 0 Å². The van der Waals surface area contributed by atoms with Crippen molar-refractivity contribution in [2.75, 3.05) is 6.61 Å². The molecule has 62 valence electrons. The molecule has 2 radical (unpaired) electrons. The Morgan fingerprint density at radius 2 is 2.17 bits per heavy atom. The van der Waals surface area contributed by atoms with Gasteiger partial charge in [0.2, 0.25) is 0 Å². The van der Waals surface area contributed by atoms with Crippen LogP contribution in [0.2, 0.25) is 0 Å². The molecule has 0 heterocycles. The summed E-state index contributed by atoms with van der Waals surface area (Å²) in [4.78, 5) is 0. The first-order chi connectivity index (χ1) is 5.65. The zero-order valence-electron chi connectivity index (χ0n) is 7.23. The van der Waals surface area contributed by atoms with Crippen LogP contribution in [0.15, 0.2) is 12.1 Å². The van der Waals surface area contributed by atoms with Gasteiger partial charge in [-0.3, -0.25) is 0 Å². The predicted molar refractivity (Wildman–Crippen MR) is 47.7 cm³/mol. The molecule has 1 nitrogen and oxygen atoms in total. The maximum absolute atomic E-state index is 12.8. The molecule has 0 atom stereocenters. The molecule has 0 saturated carbocycles. The van der Waals surface area contributed by atoms with Crippen molar-refractivity contribution in [1.82, 2.24) is 0 Å². The summed E-state index contributed by atoms with van der Waals surface area (Å²) >= 11 is 0. The fourth-order valence-corrected chi connectivity index (χ4v) is 0.980. The van der Waals surface area contributed by atoms with E-state index in [-0.39, 0.29) is 5.46 Å². The van der Waals surface area contributed by atoms with E-state index in [0.29, 0.717) is 12.4 Å². The average Bonchev–Trinajstić information content (AvgIpc) is 2.01. The van der Waals surface area contributed by atoms with Crippen LogP contribution in [0, 0.1) is 12.7 Å². The van der Waals surface area contributed by atoms with Crippen molar-refractivity contribution < 1.29 is 9.13 Å². The molecule has 1 aromatic rings. The van der Waals surface area contributed by atoms with E-state index in [1.165, 1.54) is 12.1 Å². The largest absolute Gasteiger partial charge is 0.494 e. The van der Waals surface area contributed by atoms with Crippen LogP contribution >= 0.6 is 0 Å². The van der Waals surface area contributed by atoms with Crippen LogP contribution in [-0.2, 0) is 0 Å². The summed E-state index contributed by atoms with van der Waals surface area (Å²) in [5.41, 5.74) is 0.896. The van der Waals surface area contributed by atoms with E-state index in [9.17, 15) is 4.39 Å². The molecule has 0 fully saturated rings. The fraction of sp³-hybridized carbons (Fsp3) is 0.333. The number of hydrogen-bond donors (Lipinski definition) is 0. The van der Waals surface area contributed by atoms with Gasteiger partial charge in [0.05, 0.1) is 6.61 Å². The lowest BCUT2D eigenvalue weighted by Crippen LogP contribution is -2.10. The molecule has 0 N–H and O–H groups in total. The summed E-state index contributed by atoms with van der Waals surface area (Å²) in [6.07, 6.45) is 0. The number of aryl methyl sites for hydroxylation is 1. The van der Waals surface area contributed by atoms with E-state index in [1.54, 1.807) is 6.92 Å². The van der Waals surface area contributed by atoms with Crippen LogP contribution in [0.25, 0.3) is 0 Å². The zero-order valence-corrected chi connectivity index (χ0v) is 7.23. The summed E-state index contributed by atoms with van der Waals surface area (Å²) in [5.74, 6) is 0.257. The molecular formula is C9H10BFO. The highest BCUT2D eigenvalue weighted by molar-refractivity contribution is 6.32. The standard InChI is InChI=1S/C9H10BFO/c1-3-12-9-5-7(10)8(11)4-6(9)2/h4-5H,3H2,1-2H3. The molecule has 1 rings (SSSR count). The number of hydrogen-bond acceptors (Lipinski definition) is 1. The second-order valence-electron chi connectivity index (χ2n) is 2.57. The minimum absolute atomic E-state index is 0.129. The highest BCUT2D eigenvalue weighted by Gasteiger charge is 2.03. The van der Waals surface area contributed by atoms with Gasteiger partial charge in [0.1, 0.15) is 19.4 Å². The molecule has 0 spiro atoms. The highest BCUT2D eigenvalue weighted by Crippen LogP contribution is 2.16. The summed E-state index contributed by atoms with van der Waals surface area (Å²) in [6, 6.07) is 2.88. The average molecular weight is 164 g/mol. The maximum Gasteiger partial charge on any atom is 0.121 e. The Morgan fingerprint density at radius 1 is 1.50 bits per heavy atom. The van der Waals surface area contributed by atoms with Gasteiger partial charge in [-0.15, -0.1) is 0 Å². The van der Waals surface area contributed by atoms with Crippen molar-refractivity contribution in [3.63, 3.8) is 0 Å². The van der Waals surface area contributed by atoms with Crippen LogP contribution in [0.3, 0.4) is 0 Å². The molecule has 0 bridgehead atoms. The van der Waals surface area contributed by atoms with Crippen molar-refractivity contribution in [2.24, 2.45) is 0 Å². The van der Waals surface area contributed by atoms with Gasteiger partial charge in [0.25, 0.3) is 0 Å². The van der Waals surface area contributed by atoms with Crippen LogP contribution in [0.1, 0.15) is 12.5 Å². The summed E-state index contributed by atoms with van der Waals surface area (Å²) in [7, 11) is 5.36. The normalized spacial score (nSPS) is 9.92. The number of rotatable bonds is 2. The monoisotopic (exact) mass is 164 g/mol. The van der Waals surface area contributed by atoms with Gasteiger partial charge in [0, 0.05) is 0 Å². The molecule has 0 aliphatic heterocycles. The highest BCUT2D eigenvalue weighted by atomic mass is 19.1. The van der Waals surface area contributed by atoms with Gasteiger partial charge in [-0.2, -0.15) is 0 Å². The summed E-state index contributed by atoms with van der Waals surface area (Å²) < 4.78 is 18.0. The molecule has 0 amide bonds. The molecule has 0 unspecified atom stereocenters. The van der Waals surface area contributed by atoms with Crippen LogP contribution in [-0.4, -0.2) is 14.5 Å². The zero-order chi connectivity index (χ0) is 9.14. The lowest BCUT2D eigenvalue weighted by atomic mass is 9.94. The van der Waals surface area contributed by atoms with E-state index in [2.05, 4.69) is 0 Å². The Bertz CT molecular complexity index is 286. The van der Waals surface area contributed by atoms with E-state index in [1.807, 2.05) is 6.92 Å². The van der Waals surface area contributed by atoms with Gasteiger partial charge in [-0.05, 0) is 31.5 Å². The Kier molecular flexibility index (Phi) is 2.74. The molecular weight excluding hydrogens is 154 g/mol. The SMILES string of the molecule is [B]c1cc(OCC)c(C)cc1F. The van der Waals surface area contributed by atoms with E-state index in [4.69, 9.17) is 12.6 Å². The Morgan fingerprint density at radius 3 is 2.75 bits per heavy atom. The lowest BCUT2D eigenvalue weighted by Gasteiger charge is -2.08. The summed E-state index contributed by atoms with van der Waals surface area (Å²) in [5, 5.41) is 0. The minimum atomic E-state index is -0.393. The van der Waals surface area contributed by atoms with Gasteiger partial charge in [-0.1, -0.05) is 5.46 Å². The molecule has 0 aliphatic rings. The third kappa shape index (κ3) is 1.78. The minimum Gasteiger partial charge on any atom is -0.494 e. The third-order valence-electron chi connectivity index (χ3n) is 1.59. The molecule has 12 heavy (non-hydrogen) atoms. The first kappa shape index (κ1) is 9.11. The van der Waals surface area contributed by atoms with E-state index in [0.717, 1.165) is 5.56 Å². The van der Waals surface area contributed by atoms with Gasteiger partial charge >= 0.3 is 0 Å². The van der Waals surface area contributed by atoms with Gasteiger partial charge in [0.15, 0.2) is 0 Å². The van der Waals surface area contributed by atoms with Crippen molar-refractivity contribution in [3.8, 4) is 5.75 Å². The van der Waals surface area contributed by atoms with Crippen molar-refractivity contribution in [3.05, 3.63) is 23.5 Å². The van der Waals surface area contributed by atoms with Crippen molar-refractivity contribution >= 4 is 13.3 Å². The number of ether oxygens (including phenoxy) is 1. The second kappa shape index (κ2) is 3.61. The third-order valence-corrected chi connectivity index (χ3v) is 1.59. The first-order valence-corrected chi connectivity index (χ1v) is 3.83. The number of benzene rings is 1. The molecule has 3 heteroatoms.